The minimum Gasteiger partial charge on any atom is -0.496 e. The van der Waals surface area contributed by atoms with Crippen molar-refractivity contribution in [3.8, 4) is 11.1 Å². The van der Waals surface area contributed by atoms with Gasteiger partial charge < -0.3 is 10.1 Å². The van der Waals surface area contributed by atoms with Gasteiger partial charge in [0.15, 0.2) is 0 Å². The minimum atomic E-state index is -0.505. The van der Waals surface area contributed by atoms with E-state index in [1.807, 2.05) is 38.1 Å². The summed E-state index contributed by atoms with van der Waals surface area (Å²) in [5, 5.41) is 2.94. The van der Waals surface area contributed by atoms with Crippen LogP contribution in [0.4, 0.5) is 0 Å². The monoisotopic (exact) mass is 461 g/mol. The van der Waals surface area contributed by atoms with Crippen molar-refractivity contribution < 1.29 is 14.3 Å². The number of hydrogen-bond acceptors (Lipinski definition) is 4. The highest BCUT2D eigenvalue weighted by Gasteiger charge is 2.37. The number of thioether (sulfide) groups is 1. The van der Waals surface area contributed by atoms with Crippen molar-refractivity contribution in [2.75, 3.05) is 13.2 Å². The highest BCUT2D eigenvalue weighted by atomic mass is 32.2. The summed E-state index contributed by atoms with van der Waals surface area (Å²) in [6.07, 6.45) is 7.14. The number of carbonyl (C=O) groups is 2. The maximum absolute atomic E-state index is 12.2. The third-order valence-corrected chi connectivity index (χ3v) is 6.54. The number of allylic oxidation sites excluding steroid dienone is 2. The smallest absolute Gasteiger partial charge is 0.220 e. The lowest BCUT2D eigenvalue weighted by molar-refractivity contribution is -0.121. The Kier molecular flexibility index (Phi) is 8.72. The fourth-order valence-corrected chi connectivity index (χ4v) is 4.69. The van der Waals surface area contributed by atoms with Gasteiger partial charge in [0.1, 0.15) is 5.76 Å². The van der Waals surface area contributed by atoms with Crippen molar-refractivity contribution >= 4 is 22.8 Å². The van der Waals surface area contributed by atoms with Gasteiger partial charge in [0, 0.05) is 19.0 Å². The molecule has 1 unspecified atom stereocenters. The summed E-state index contributed by atoms with van der Waals surface area (Å²) < 4.78 is 5.38. The van der Waals surface area contributed by atoms with Gasteiger partial charge in [-0.2, -0.15) is 0 Å². The van der Waals surface area contributed by atoms with Crippen LogP contribution in [0.15, 0.2) is 90.7 Å². The first kappa shape index (κ1) is 24.6. The van der Waals surface area contributed by atoms with Crippen LogP contribution in [0.3, 0.4) is 0 Å². The molecule has 33 heavy (non-hydrogen) atoms. The number of rotatable bonds is 11. The molecule has 2 aromatic rings. The molecule has 0 aromatic heterocycles. The molecule has 0 radical (unpaired) electrons. The predicted molar refractivity (Wildman–Crippen MR) is 137 cm³/mol. The number of amides is 1. The molecule has 0 saturated heterocycles. The Morgan fingerprint density at radius 3 is 2.52 bits per heavy atom. The van der Waals surface area contributed by atoms with Gasteiger partial charge in [0.05, 0.1) is 11.4 Å². The van der Waals surface area contributed by atoms with Gasteiger partial charge >= 0.3 is 0 Å². The largest absolute Gasteiger partial charge is 0.496 e. The van der Waals surface area contributed by atoms with Crippen molar-refractivity contribution in [1.82, 2.24) is 5.32 Å². The van der Waals surface area contributed by atoms with Gasteiger partial charge in [-0.25, -0.2) is 0 Å². The SMILES string of the molecule is C=C/C(C)=C/C1(C)SC(=O)C=C1OCCCNC(=O)CCc1ccc(-c2ccccc2)cc1. The van der Waals surface area contributed by atoms with E-state index in [1.165, 1.54) is 22.9 Å². The number of ether oxygens (including phenoxy) is 1. The number of hydrogen-bond donors (Lipinski definition) is 1. The lowest BCUT2D eigenvalue weighted by Crippen LogP contribution is -2.26. The zero-order valence-corrected chi connectivity index (χ0v) is 20.1. The van der Waals surface area contributed by atoms with Crippen LogP contribution in [-0.4, -0.2) is 28.9 Å². The Labute approximate surface area is 200 Å². The van der Waals surface area contributed by atoms with E-state index in [0.717, 1.165) is 11.1 Å². The van der Waals surface area contributed by atoms with E-state index in [4.69, 9.17) is 4.74 Å². The molecule has 1 atom stereocenters. The summed E-state index contributed by atoms with van der Waals surface area (Å²) in [5.41, 5.74) is 4.50. The number of benzene rings is 2. The van der Waals surface area contributed by atoms with Crippen LogP contribution >= 0.6 is 11.8 Å². The van der Waals surface area contributed by atoms with Crippen molar-refractivity contribution in [2.24, 2.45) is 0 Å². The van der Waals surface area contributed by atoms with Gasteiger partial charge in [-0.3, -0.25) is 9.59 Å². The third-order valence-electron chi connectivity index (χ3n) is 5.48. The maximum atomic E-state index is 12.2. The van der Waals surface area contributed by atoms with Crippen molar-refractivity contribution in [1.29, 1.82) is 0 Å². The second-order valence-corrected chi connectivity index (χ2v) is 9.70. The molecule has 1 heterocycles. The molecule has 0 saturated carbocycles. The summed E-state index contributed by atoms with van der Waals surface area (Å²) in [6, 6.07) is 18.6. The first-order valence-corrected chi connectivity index (χ1v) is 12.0. The van der Waals surface area contributed by atoms with Gasteiger partial charge in [-0.05, 0) is 43.4 Å². The van der Waals surface area contributed by atoms with E-state index in [2.05, 4.69) is 48.3 Å². The fraction of sp³-hybridized carbons (Fsp3) is 0.286. The average Bonchev–Trinajstić information content (AvgIpc) is 3.10. The fourth-order valence-electron chi connectivity index (χ4n) is 3.64. The number of aryl methyl sites for hydroxylation is 1. The van der Waals surface area contributed by atoms with Crippen LogP contribution in [0, 0.1) is 0 Å². The lowest BCUT2D eigenvalue weighted by Gasteiger charge is -2.23. The molecular weight excluding hydrogens is 430 g/mol. The van der Waals surface area contributed by atoms with Gasteiger partial charge in [-0.15, -0.1) is 0 Å². The summed E-state index contributed by atoms with van der Waals surface area (Å²) >= 11 is 1.24. The maximum Gasteiger partial charge on any atom is 0.220 e. The van der Waals surface area contributed by atoms with Crippen LogP contribution < -0.4 is 5.32 Å². The number of carbonyl (C=O) groups excluding carboxylic acids is 2. The molecule has 2 aromatic carbocycles. The summed E-state index contributed by atoms with van der Waals surface area (Å²) in [4.78, 5) is 24.1. The van der Waals surface area contributed by atoms with Crippen molar-refractivity contribution in [3.63, 3.8) is 0 Å². The molecule has 0 fully saturated rings. The van der Waals surface area contributed by atoms with E-state index >= 15 is 0 Å². The molecular formula is C28H31NO3S. The van der Waals surface area contributed by atoms with Crippen molar-refractivity contribution in [2.45, 2.75) is 37.9 Å². The molecule has 0 spiro atoms. The third kappa shape index (κ3) is 7.22. The molecule has 0 aliphatic carbocycles. The average molecular weight is 462 g/mol. The van der Waals surface area contributed by atoms with Crippen LogP contribution in [-0.2, 0) is 20.7 Å². The summed E-state index contributed by atoms with van der Waals surface area (Å²) in [7, 11) is 0. The van der Waals surface area contributed by atoms with E-state index in [-0.39, 0.29) is 11.0 Å². The zero-order valence-electron chi connectivity index (χ0n) is 19.3. The molecule has 0 bridgehead atoms. The predicted octanol–water partition coefficient (Wildman–Crippen LogP) is 5.86. The molecule has 1 aliphatic heterocycles. The topological polar surface area (TPSA) is 55.4 Å². The molecule has 3 rings (SSSR count). The first-order valence-electron chi connectivity index (χ1n) is 11.2. The summed E-state index contributed by atoms with van der Waals surface area (Å²) in [6.45, 7) is 8.67. The highest BCUT2D eigenvalue weighted by molar-refractivity contribution is 8.15. The first-order chi connectivity index (χ1) is 15.9. The van der Waals surface area contributed by atoms with Crippen LogP contribution in [0.25, 0.3) is 11.1 Å². The molecule has 172 valence electrons. The van der Waals surface area contributed by atoms with Gasteiger partial charge in [-0.1, -0.05) is 90.7 Å². The molecule has 1 aliphatic rings. The van der Waals surface area contributed by atoms with E-state index in [0.29, 0.717) is 38.2 Å². The molecule has 5 heteroatoms. The normalized spacial score (nSPS) is 18.1. The highest BCUT2D eigenvalue weighted by Crippen LogP contribution is 2.42. The molecule has 4 nitrogen and oxygen atoms in total. The van der Waals surface area contributed by atoms with E-state index in [9.17, 15) is 9.59 Å². The second-order valence-electron chi connectivity index (χ2n) is 8.24. The zero-order chi connectivity index (χ0) is 23.7. The van der Waals surface area contributed by atoms with Crippen LogP contribution in [0.5, 0.6) is 0 Å². The summed E-state index contributed by atoms with van der Waals surface area (Å²) in [5.74, 6) is 0.686. The standard InChI is InChI=1S/C28H31NO3S/c1-4-21(2)20-28(3)25(19-27(31)33-28)32-18-8-17-29-26(30)16-13-22-11-14-24(15-12-22)23-9-6-5-7-10-23/h4-7,9-12,14-15,19-20H,1,8,13,16-18H2,2-3H3,(H,29,30)/b21-20+. The lowest BCUT2D eigenvalue weighted by atomic mass is 10.0. The van der Waals surface area contributed by atoms with Gasteiger partial charge in [0.2, 0.25) is 11.0 Å². The molecule has 1 amide bonds. The quantitative estimate of drug-likeness (QED) is 0.336. The molecule has 1 N–H and O–H groups in total. The van der Waals surface area contributed by atoms with E-state index < -0.39 is 4.75 Å². The Balaban J connectivity index is 1.37. The second kappa shape index (κ2) is 11.7. The van der Waals surface area contributed by atoms with Crippen LogP contribution in [0.1, 0.15) is 32.3 Å². The minimum absolute atomic E-state index is 0.00860. The number of nitrogens with one attached hydrogen (secondary N) is 1. The Hall–Kier alpha value is -3.05. The van der Waals surface area contributed by atoms with E-state index in [1.54, 1.807) is 12.2 Å². The Bertz CT molecular complexity index is 1040. The Morgan fingerprint density at radius 1 is 1.12 bits per heavy atom. The van der Waals surface area contributed by atoms with Crippen LogP contribution in [0.2, 0.25) is 0 Å². The van der Waals surface area contributed by atoms with Crippen molar-refractivity contribution in [3.05, 3.63) is 96.3 Å². The van der Waals surface area contributed by atoms with Gasteiger partial charge in [0.25, 0.3) is 0 Å². The Morgan fingerprint density at radius 2 is 1.82 bits per heavy atom.